The van der Waals surface area contributed by atoms with Gasteiger partial charge in [0.15, 0.2) is 5.69 Å². The minimum Gasteiger partial charge on any atom is -0.459 e. The first-order valence-corrected chi connectivity index (χ1v) is 7.68. The monoisotopic (exact) mass is 320 g/mol. The highest BCUT2D eigenvalue weighted by Crippen LogP contribution is 2.24. The molecule has 0 radical (unpaired) electrons. The summed E-state index contributed by atoms with van der Waals surface area (Å²) in [5, 5.41) is 4.96. The predicted octanol–water partition coefficient (Wildman–Crippen LogP) is 2.38. The van der Waals surface area contributed by atoms with Crippen LogP contribution in [0.5, 0.6) is 0 Å². The number of carbonyl (C=O) groups excluding carboxylic acids is 2. The molecule has 1 amide bonds. The van der Waals surface area contributed by atoms with Gasteiger partial charge in [-0.2, -0.15) is 0 Å². The number of halogens is 1. The Bertz CT molecular complexity index is 699. The fourth-order valence-corrected chi connectivity index (χ4v) is 2.94. The second kappa shape index (κ2) is 6.23. The lowest BCUT2D eigenvalue weighted by Crippen LogP contribution is -2.30. The Morgan fingerprint density at radius 3 is 2.86 bits per heavy atom. The van der Waals surface area contributed by atoms with Gasteiger partial charge in [0.25, 0.3) is 0 Å². The van der Waals surface area contributed by atoms with Crippen molar-refractivity contribution in [1.82, 2.24) is 10.3 Å². The van der Waals surface area contributed by atoms with Gasteiger partial charge in [-0.25, -0.2) is 14.2 Å². The molecule has 0 saturated carbocycles. The molecule has 22 heavy (non-hydrogen) atoms. The number of esters is 1. The number of rotatable bonds is 4. The van der Waals surface area contributed by atoms with Crippen LogP contribution in [0.1, 0.15) is 23.3 Å². The van der Waals surface area contributed by atoms with Crippen LogP contribution in [0.2, 0.25) is 0 Å². The van der Waals surface area contributed by atoms with Crippen LogP contribution >= 0.6 is 11.3 Å². The van der Waals surface area contributed by atoms with E-state index in [1.807, 2.05) is 0 Å². The van der Waals surface area contributed by atoms with E-state index < -0.39 is 5.97 Å². The maximum absolute atomic E-state index is 12.9. The summed E-state index contributed by atoms with van der Waals surface area (Å²) in [4.78, 5) is 27.2. The summed E-state index contributed by atoms with van der Waals surface area (Å²) in [6.07, 6.45) is 1.14. The molecule has 114 valence electrons. The summed E-state index contributed by atoms with van der Waals surface area (Å²) in [5.41, 5.74) is 0.960. The largest absolute Gasteiger partial charge is 0.459 e. The van der Waals surface area contributed by atoms with E-state index in [9.17, 15) is 14.0 Å². The molecule has 1 aromatic heterocycles. The fourth-order valence-electron chi connectivity index (χ4n) is 2.15. The van der Waals surface area contributed by atoms with Crippen molar-refractivity contribution in [1.29, 1.82) is 0 Å². The van der Waals surface area contributed by atoms with E-state index in [-0.39, 0.29) is 30.1 Å². The fraction of sp³-hybridized carbons (Fsp3) is 0.267. The molecule has 2 aromatic rings. The zero-order chi connectivity index (χ0) is 15.5. The van der Waals surface area contributed by atoms with Crippen LogP contribution in [-0.4, -0.2) is 29.5 Å². The highest BCUT2D eigenvalue weighted by atomic mass is 32.1. The van der Waals surface area contributed by atoms with Gasteiger partial charge >= 0.3 is 5.97 Å². The molecule has 1 atom stereocenters. The van der Waals surface area contributed by atoms with E-state index in [1.165, 1.54) is 23.5 Å². The molecule has 1 saturated heterocycles. The van der Waals surface area contributed by atoms with Gasteiger partial charge < -0.3 is 10.1 Å². The predicted molar refractivity (Wildman–Crippen MR) is 79.0 cm³/mol. The molecule has 5 nitrogen and oxygen atoms in total. The molecule has 0 bridgehead atoms. The van der Waals surface area contributed by atoms with E-state index in [0.29, 0.717) is 17.8 Å². The first kappa shape index (κ1) is 14.6. The molecule has 7 heteroatoms. The van der Waals surface area contributed by atoms with Crippen LogP contribution in [0.3, 0.4) is 0 Å². The van der Waals surface area contributed by atoms with Gasteiger partial charge in [-0.3, -0.25) is 4.79 Å². The van der Waals surface area contributed by atoms with Crippen molar-refractivity contribution in [3.63, 3.8) is 0 Å². The van der Waals surface area contributed by atoms with E-state index in [0.717, 1.165) is 5.56 Å². The maximum Gasteiger partial charge on any atom is 0.357 e. The van der Waals surface area contributed by atoms with Gasteiger partial charge in [-0.1, -0.05) is 0 Å². The van der Waals surface area contributed by atoms with Crippen LogP contribution in [-0.2, 0) is 9.53 Å². The minimum atomic E-state index is -0.522. The highest BCUT2D eigenvalue weighted by molar-refractivity contribution is 7.13. The molecule has 1 N–H and O–H groups in total. The van der Waals surface area contributed by atoms with Crippen molar-refractivity contribution in [2.45, 2.75) is 18.9 Å². The second-order valence-corrected chi connectivity index (χ2v) is 5.80. The van der Waals surface area contributed by atoms with Gasteiger partial charge in [0.2, 0.25) is 5.91 Å². The Morgan fingerprint density at radius 2 is 2.18 bits per heavy atom. The number of aromatic nitrogens is 1. The van der Waals surface area contributed by atoms with E-state index >= 15 is 0 Å². The Hall–Kier alpha value is -2.28. The van der Waals surface area contributed by atoms with Crippen molar-refractivity contribution in [2.24, 2.45) is 0 Å². The van der Waals surface area contributed by atoms with Crippen molar-refractivity contribution < 1.29 is 18.7 Å². The number of hydrogen-bond donors (Lipinski definition) is 1. The van der Waals surface area contributed by atoms with Crippen molar-refractivity contribution in [3.05, 3.63) is 41.2 Å². The van der Waals surface area contributed by atoms with Gasteiger partial charge in [-0.15, -0.1) is 11.3 Å². The Labute approximate surface area is 130 Å². The third-order valence-corrected chi connectivity index (χ3v) is 4.20. The summed E-state index contributed by atoms with van der Waals surface area (Å²) in [5.74, 6) is -0.863. The molecule has 1 unspecified atom stereocenters. The summed E-state index contributed by atoms with van der Waals surface area (Å²) < 4.78 is 18.0. The van der Waals surface area contributed by atoms with Gasteiger partial charge in [0.1, 0.15) is 17.4 Å². The minimum absolute atomic E-state index is 0.0201. The van der Waals surface area contributed by atoms with Crippen LogP contribution < -0.4 is 5.32 Å². The van der Waals surface area contributed by atoms with Crippen LogP contribution in [0.4, 0.5) is 4.39 Å². The zero-order valence-corrected chi connectivity index (χ0v) is 12.4. The summed E-state index contributed by atoms with van der Waals surface area (Å²) in [6, 6.07) is 5.79. The first-order chi connectivity index (χ1) is 10.6. The average molecular weight is 320 g/mol. The van der Waals surface area contributed by atoms with E-state index in [1.54, 1.807) is 17.5 Å². The van der Waals surface area contributed by atoms with Crippen molar-refractivity contribution in [3.8, 4) is 10.6 Å². The molecular formula is C15H13FN2O3S. The quantitative estimate of drug-likeness (QED) is 0.878. The molecular weight excluding hydrogens is 307 g/mol. The Kier molecular flexibility index (Phi) is 4.15. The SMILES string of the molecule is O=C1CCC(COC(=O)c2csc(-c3ccc(F)cc3)n2)N1. The van der Waals surface area contributed by atoms with Gasteiger partial charge in [0, 0.05) is 17.4 Å². The highest BCUT2D eigenvalue weighted by Gasteiger charge is 2.23. The number of hydrogen-bond acceptors (Lipinski definition) is 5. The number of ether oxygens (including phenoxy) is 1. The van der Waals surface area contributed by atoms with Crippen LogP contribution in [0.15, 0.2) is 29.6 Å². The lowest BCUT2D eigenvalue weighted by molar-refractivity contribution is -0.119. The number of carbonyl (C=O) groups is 2. The topological polar surface area (TPSA) is 68.3 Å². The number of benzene rings is 1. The van der Waals surface area contributed by atoms with Crippen LogP contribution in [0, 0.1) is 5.82 Å². The smallest absolute Gasteiger partial charge is 0.357 e. The van der Waals surface area contributed by atoms with E-state index in [4.69, 9.17) is 4.74 Å². The van der Waals surface area contributed by atoms with Gasteiger partial charge in [-0.05, 0) is 30.7 Å². The second-order valence-electron chi connectivity index (χ2n) is 4.95. The molecule has 0 aliphatic carbocycles. The third-order valence-electron chi connectivity index (χ3n) is 3.31. The maximum atomic E-state index is 12.9. The lowest BCUT2D eigenvalue weighted by atomic mass is 10.2. The first-order valence-electron chi connectivity index (χ1n) is 6.80. The molecule has 0 spiro atoms. The molecule has 1 aromatic carbocycles. The van der Waals surface area contributed by atoms with Crippen molar-refractivity contribution in [2.75, 3.05) is 6.61 Å². The number of amides is 1. The molecule has 2 heterocycles. The van der Waals surface area contributed by atoms with E-state index in [2.05, 4.69) is 10.3 Å². The Morgan fingerprint density at radius 1 is 1.41 bits per heavy atom. The standard InChI is InChI=1S/C15H13FN2O3S/c16-10-3-1-9(2-4-10)14-18-12(8-22-14)15(20)21-7-11-5-6-13(19)17-11/h1-4,8,11H,5-7H2,(H,17,19). The average Bonchev–Trinajstić information content (AvgIpc) is 3.15. The molecule has 3 rings (SSSR count). The van der Waals surface area contributed by atoms with Crippen LogP contribution in [0.25, 0.3) is 10.6 Å². The van der Waals surface area contributed by atoms with Gasteiger partial charge in [0.05, 0.1) is 6.04 Å². The molecule has 1 fully saturated rings. The lowest BCUT2D eigenvalue weighted by Gasteiger charge is -2.09. The number of nitrogens with zero attached hydrogens (tertiary/aromatic N) is 1. The number of nitrogens with one attached hydrogen (secondary N) is 1. The molecule has 1 aliphatic rings. The van der Waals surface area contributed by atoms with Crippen molar-refractivity contribution >= 4 is 23.2 Å². The zero-order valence-electron chi connectivity index (χ0n) is 11.5. The summed E-state index contributed by atoms with van der Waals surface area (Å²) >= 11 is 1.29. The summed E-state index contributed by atoms with van der Waals surface area (Å²) in [6.45, 7) is 0.147. The summed E-state index contributed by atoms with van der Waals surface area (Å²) in [7, 11) is 0. The Balaban J connectivity index is 1.61. The normalized spacial score (nSPS) is 17.3. The third kappa shape index (κ3) is 3.30. The number of thiazole rings is 1. The molecule has 1 aliphatic heterocycles.